The summed E-state index contributed by atoms with van der Waals surface area (Å²) < 4.78 is 0. The molecule has 0 saturated heterocycles. The zero-order valence-electron chi connectivity index (χ0n) is 3.51. The van der Waals surface area contributed by atoms with Crippen molar-refractivity contribution in [3.63, 3.8) is 0 Å². The summed E-state index contributed by atoms with van der Waals surface area (Å²) in [7, 11) is 0. The molecule has 0 aromatic carbocycles. The van der Waals surface area contributed by atoms with Crippen molar-refractivity contribution in [1.29, 1.82) is 0 Å². The second-order valence-corrected chi connectivity index (χ2v) is 1.17. The largest absolute Gasteiger partial charge is 0.395 e. The molecular weight excluding hydrogens is 80.0 g/mol. The number of hydrogen-bond donors (Lipinski definition) is 1. The number of rotatable bonds is 0. The third-order valence-electron chi connectivity index (χ3n) is 0.576. The van der Waals surface area contributed by atoms with Crippen molar-refractivity contribution < 1.29 is 4.84 Å². The zero-order valence-corrected chi connectivity index (χ0v) is 3.51. The van der Waals surface area contributed by atoms with Gasteiger partial charge in [0.1, 0.15) is 6.17 Å². The van der Waals surface area contributed by atoms with E-state index >= 15 is 0 Å². The van der Waals surface area contributed by atoms with E-state index in [9.17, 15) is 0 Å². The molecule has 0 spiro atoms. The summed E-state index contributed by atoms with van der Waals surface area (Å²) in [5, 5.41) is 0. The highest BCUT2D eigenvalue weighted by atomic mass is 16.7. The molecule has 3 heteroatoms. The summed E-state index contributed by atoms with van der Waals surface area (Å²) in [6.07, 6.45) is 1.54. The van der Waals surface area contributed by atoms with E-state index in [0.29, 0.717) is 0 Å². The minimum absolute atomic E-state index is 0.144. The maximum Gasteiger partial charge on any atom is 0.198 e. The predicted molar refractivity (Wildman–Crippen MR) is 22.2 cm³/mol. The first-order valence-electron chi connectivity index (χ1n) is 1.82. The average Bonchev–Trinajstić information content (AvgIpc) is 1.86. The van der Waals surface area contributed by atoms with Crippen LogP contribution in [0.25, 0.3) is 0 Å². The van der Waals surface area contributed by atoms with Gasteiger partial charge in [-0.05, 0) is 6.92 Å². The Hall–Kier alpha value is -0.570. The monoisotopic (exact) mass is 86.0 g/mol. The molecule has 0 amide bonds. The smallest absolute Gasteiger partial charge is 0.198 e. The van der Waals surface area contributed by atoms with Crippen LogP contribution >= 0.6 is 0 Å². The summed E-state index contributed by atoms with van der Waals surface area (Å²) >= 11 is 0. The van der Waals surface area contributed by atoms with Crippen molar-refractivity contribution >= 4 is 6.40 Å². The molecule has 0 saturated carbocycles. The van der Waals surface area contributed by atoms with Gasteiger partial charge in [-0.3, -0.25) is 0 Å². The molecule has 0 unspecified atom stereocenters. The minimum Gasteiger partial charge on any atom is -0.395 e. The molecule has 0 aromatic rings. The molecule has 1 aliphatic heterocycles. The second kappa shape index (κ2) is 1.26. The predicted octanol–water partition coefficient (Wildman–Crippen LogP) is -0.104. The number of nitrogens with one attached hydrogen (secondary N) is 1. The van der Waals surface area contributed by atoms with E-state index in [4.69, 9.17) is 0 Å². The van der Waals surface area contributed by atoms with Crippen LogP contribution in [0.4, 0.5) is 0 Å². The first-order valence-corrected chi connectivity index (χ1v) is 1.82. The van der Waals surface area contributed by atoms with E-state index in [1.165, 1.54) is 6.40 Å². The van der Waals surface area contributed by atoms with Crippen molar-refractivity contribution in [2.24, 2.45) is 4.99 Å². The van der Waals surface area contributed by atoms with Gasteiger partial charge in [0.15, 0.2) is 6.40 Å². The highest BCUT2D eigenvalue weighted by molar-refractivity contribution is 5.47. The Morgan fingerprint density at radius 2 is 2.83 bits per heavy atom. The SMILES string of the molecule is C[C@@H]1N=CON1. The fourth-order valence-electron chi connectivity index (χ4n) is 0.281. The lowest BCUT2D eigenvalue weighted by Crippen LogP contribution is -2.15. The first kappa shape index (κ1) is 3.61. The van der Waals surface area contributed by atoms with E-state index in [1.807, 2.05) is 6.92 Å². The number of aliphatic imine (C=N–C) groups is 1. The molecule has 6 heavy (non-hydrogen) atoms. The Morgan fingerprint density at radius 1 is 2.00 bits per heavy atom. The summed E-state index contributed by atoms with van der Waals surface area (Å²) in [6.45, 7) is 1.91. The molecule has 3 nitrogen and oxygen atoms in total. The molecule has 0 bridgehead atoms. The van der Waals surface area contributed by atoms with Crippen LogP contribution in [0.15, 0.2) is 4.99 Å². The molecule has 0 radical (unpaired) electrons. The fraction of sp³-hybridized carbons (Fsp3) is 0.667. The molecule has 1 atom stereocenters. The molecule has 1 aliphatic rings. The standard InChI is InChI=1S/C3H6N2O/c1-3-4-2-6-5-3/h2-3,5H,1H3/t3-/m1/s1. The molecule has 1 rings (SSSR count). The Labute approximate surface area is 36.0 Å². The zero-order chi connectivity index (χ0) is 4.41. The summed E-state index contributed by atoms with van der Waals surface area (Å²) in [5.41, 5.74) is 2.60. The van der Waals surface area contributed by atoms with Crippen LogP contribution in [0.2, 0.25) is 0 Å². The quantitative estimate of drug-likeness (QED) is 0.446. The fourth-order valence-corrected chi connectivity index (χ4v) is 0.281. The number of nitrogens with zero attached hydrogens (tertiary/aromatic N) is 1. The average molecular weight is 86.1 g/mol. The second-order valence-electron chi connectivity index (χ2n) is 1.17. The highest BCUT2D eigenvalue weighted by Gasteiger charge is 1.99. The van der Waals surface area contributed by atoms with E-state index in [1.54, 1.807) is 0 Å². The lowest BCUT2D eigenvalue weighted by Gasteiger charge is -1.91. The summed E-state index contributed by atoms with van der Waals surface area (Å²) in [4.78, 5) is 8.29. The molecule has 34 valence electrons. The topological polar surface area (TPSA) is 33.6 Å². The maximum atomic E-state index is 4.52. The van der Waals surface area contributed by atoms with Gasteiger partial charge in [0.2, 0.25) is 0 Å². The van der Waals surface area contributed by atoms with Gasteiger partial charge >= 0.3 is 0 Å². The van der Waals surface area contributed by atoms with Gasteiger partial charge in [-0.2, -0.15) is 0 Å². The van der Waals surface area contributed by atoms with Crippen LogP contribution in [0, 0.1) is 0 Å². The molecule has 1 N–H and O–H groups in total. The lowest BCUT2D eigenvalue weighted by atomic mass is 10.6. The van der Waals surface area contributed by atoms with E-state index in [2.05, 4.69) is 15.3 Å². The first-order chi connectivity index (χ1) is 2.89. The Kier molecular flexibility index (Phi) is 0.759. The number of hydrogen-bond acceptors (Lipinski definition) is 3. The van der Waals surface area contributed by atoms with Crippen LogP contribution < -0.4 is 5.48 Å². The van der Waals surface area contributed by atoms with Gasteiger partial charge in [0, 0.05) is 0 Å². The molecule has 0 aromatic heterocycles. The normalized spacial score (nSPS) is 30.5. The third-order valence-corrected chi connectivity index (χ3v) is 0.576. The summed E-state index contributed by atoms with van der Waals surface area (Å²) in [6, 6.07) is 0. The Bertz CT molecular complexity index is 71.2. The van der Waals surface area contributed by atoms with E-state index in [-0.39, 0.29) is 6.17 Å². The van der Waals surface area contributed by atoms with Crippen molar-refractivity contribution in [3.05, 3.63) is 0 Å². The highest BCUT2D eigenvalue weighted by Crippen LogP contribution is 1.86. The van der Waals surface area contributed by atoms with Crippen molar-refractivity contribution in [1.82, 2.24) is 5.48 Å². The van der Waals surface area contributed by atoms with Crippen molar-refractivity contribution in [3.8, 4) is 0 Å². The molecule has 1 heterocycles. The van der Waals surface area contributed by atoms with Crippen LogP contribution in [-0.2, 0) is 4.84 Å². The Morgan fingerprint density at radius 3 is 3.00 bits per heavy atom. The van der Waals surface area contributed by atoms with Gasteiger partial charge in [-0.15, -0.1) is 5.48 Å². The van der Waals surface area contributed by atoms with Crippen LogP contribution in [0.1, 0.15) is 6.92 Å². The molecular formula is C3H6N2O. The lowest BCUT2D eigenvalue weighted by molar-refractivity contribution is 0.194. The van der Waals surface area contributed by atoms with Crippen LogP contribution in [0.5, 0.6) is 0 Å². The van der Waals surface area contributed by atoms with E-state index in [0.717, 1.165) is 0 Å². The van der Waals surface area contributed by atoms with Gasteiger partial charge < -0.3 is 4.84 Å². The van der Waals surface area contributed by atoms with Gasteiger partial charge in [-0.25, -0.2) is 4.99 Å². The minimum atomic E-state index is 0.144. The summed E-state index contributed by atoms with van der Waals surface area (Å²) in [5.74, 6) is 0. The van der Waals surface area contributed by atoms with Crippen LogP contribution in [-0.4, -0.2) is 12.6 Å². The van der Waals surface area contributed by atoms with E-state index < -0.39 is 0 Å². The third kappa shape index (κ3) is 0.490. The van der Waals surface area contributed by atoms with Gasteiger partial charge in [0.05, 0.1) is 0 Å². The van der Waals surface area contributed by atoms with Gasteiger partial charge in [0.25, 0.3) is 0 Å². The number of hydroxylamine groups is 1. The maximum absolute atomic E-state index is 4.52. The molecule has 0 aliphatic carbocycles. The molecule has 0 fully saturated rings. The van der Waals surface area contributed by atoms with Crippen molar-refractivity contribution in [2.45, 2.75) is 13.1 Å². The van der Waals surface area contributed by atoms with Crippen LogP contribution in [0.3, 0.4) is 0 Å². The Balaban J connectivity index is 2.38. The van der Waals surface area contributed by atoms with Crippen molar-refractivity contribution in [2.75, 3.05) is 0 Å². The van der Waals surface area contributed by atoms with Gasteiger partial charge in [-0.1, -0.05) is 0 Å².